The van der Waals surface area contributed by atoms with Crippen molar-refractivity contribution in [2.75, 3.05) is 26.9 Å². The van der Waals surface area contributed by atoms with Gasteiger partial charge in [0.15, 0.2) is 5.78 Å². The second-order valence-corrected chi connectivity index (χ2v) is 7.32. The molecule has 3 rings (SSSR count). The maximum Gasteiger partial charge on any atom is 0.316 e. The first-order valence-electron chi connectivity index (χ1n) is 10.8. The minimum atomic E-state index is -1.00. The molecule has 0 bridgehead atoms. The maximum atomic E-state index is 13.0. The molecule has 0 radical (unpaired) electrons. The maximum absolute atomic E-state index is 13.0. The Balaban J connectivity index is 1.66. The second-order valence-electron chi connectivity index (χ2n) is 7.32. The average Bonchev–Trinajstić information content (AvgIpc) is 2.88. The summed E-state index contributed by atoms with van der Waals surface area (Å²) in [5.41, 5.74) is 0.447. The first kappa shape index (κ1) is 24.0. The first-order valence-corrected chi connectivity index (χ1v) is 10.8. The van der Waals surface area contributed by atoms with Crippen LogP contribution in [0.5, 0.6) is 11.5 Å². The summed E-state index contributed by atoms with van der Waals surface area (Å²) in [5, 5.41) is 0. The van der Waals surface area contributed by atoms with Crippen LogP contribution in [0.15, 0.2) is 91.0 Å². The molecule has 0 aliphatic heterocycles. The van der Waals surface area contributed by atoms with E-state index in [0.717, 1.165) is 5.75 Å². The smallest absolute Gasteiger partial charge is 0.316 e. The number of para-hydroxylation sites is 2. The number of rotatable bonds is 13. The van der Waals surface area contributed by atoms with E-state index in [-0.39, 0.29) is 25.4 Å². The number of ketones is 1. The van der Waals surface area contributed by atoms with E-state index in [1.807, 2.05) is 66.7 Å². The minimum absolute atomic E-state index is 0.124. The normalized spacial score (nSPS) is 12.4. The number of hydrogen-bond acceptors (Lipinski definition) is 6. The summed E-state index contributed by atoms with van der Waals surface area (Å²) in [6.07, 6.45) is -0.403. The van der Waals surface area contributed by atoms with E-state index in [1.54, 1.807) is 24.3 Å². The highest BCUT2D eigenvalue weighted by Gasteiger charge is 2.32. The summed E-state index contributed by atoms with van der Waals surface area (Å²) in [6, 6.07) is 27.4. The Kier molecular flexibility index (Phi) is 9.48. The van der Waals surface area contributed by atoms with Crippen LogP contribution in [0.1, 0.15) is 16.8 Å². The molecule has 172 valence electrons. The molecule has 0 aliphatic rings. The number of methoxy groups -OCH3 is 1. The SMILES string of the molecule is COC(=O)C(CC(COc1ccccc1)OCCOc1ccccc1)C(=O)c1ccccc1. The van der Waals surface area contributed by atoms with Gasteiger partial charge in [-0.15, -0.1) is 0 Å². The van der Waals surface area contributed by atoms with Crippen molar-refractivity contribution < 1.29 is 28.5 Å². The number of carbonyl (C=O) groups is 2. The molecule has 6 nitrogen and oxygen atoms in total. The number of ether oxygens (including phenoxy) is 4. The number of carbonyl (C=O) groups excluding carboxylic acids is 2. The van der Waals surface area contributed by atoms with Gasteiger partial charge in [-0.25, -0.2) is 0 Å². The lowest BCUT2D eigenvalue weighted by molar-refractivity contribution is -0.145. The quantitative estimate of drug-likeness (QED) is 0.165. The predicted octanol–water partition coefficient (Wildman–Crippen LogP) is 4.59. The zero-order chi connectivity index (χ0) is 23.3. The molecule has 3 aromatic rings. The molecule has 0 N–H and O–H groups in total. The highest BCUT2D eigenvalue weighted by molar-refractivity contribution is 6.08. The molecule has 0 saturated carbocycles. The summed E-state index contributed by atoms with van der Waals surface area (Å²) >= 11 is 0. The van der Waals surface area contributed by atoms with Crippen molar-refractivity contribution in [3.63, 3.8) is 0 Å². The minimum Gasteiger partial charge on any atom is -0.491 e. The van der Waals surface area contributed by atoms with Crippen LogP contribution in [0, 0.1) is 5.92 Å². The topological polar surface area (TPSA) is 71.1 Å². The lowest BCUT2D eigenvalue weighted by Crippen LogP contribution is -2.34. The van der Waals surface area contributed by atoms with Crippen molar-refractivity contribution in [2.24, 2.45) is 5.92 Å². The monoisotopic (exact) mass is 448 g/mol. The lowest BCUT2D eigenvalue weighted by atomic mass is 9.92. The Morgan fingerprint density at radius 2 is 1.27 bits per heavy atom. The van der Waals surface area contributed by atoms with Gasteiger partial charge in [-0.1, -0.05) is 66.7 Å². The Labute approximate surface area is 194 Å². The zero-order valence-corrected chi connectivity index (χ0v) is 18.6. The van der Waals surface area contributed by atoms with Gasteiger partial charge < -0.3 is 18.9 Å². The molecule has 0 fully saturated rings. The van der Waals surface area contributed by atoms with Crippen molar-refractivity contribution in [3.8, 4) is 11.5 Å². The molecular weight excluding hydrogens is 420 g/mol. The number of hydrogen-bond donors (Lipinski definition) is 0. The highest BCUT2D eigenvalue weighted by Crippen LogP contribution is 2.20. The van der Waals surface area contributed by atoms with Crippen molar-refractivity contribution in [2.45, 2.75) is 12.5 Å². The van der Waals surface area contributed by atoms with Gasteiger partial charge in [-0.05, 0) is 30.7 Å². The number of benzene rings is 3. The van der Waals surface area contributed by atoms with E-state index >= 15 is 0 Å². The molecule has 3 aromatic carbocycles. The van der Waals surface area contributed by atoms with Gasteiger partial charge in [-0.2, -0.15) is 0 Å². The number of esters is 1. The largest absolute Gasteiger partial charge is 0.491 e. The van der Waals surface area contributed by atoms with Gasteiger partial charge in [0, 0.05) is 5.56 Å². The molecule has 0 aromatic heterocycles. The molecule has 33 heavy (non-hydrogen) atoms. The number of Topliss-reactive ketones (excluding diaryl/α,β-unsaturated/α-hetero) is 1. The van der Waals surface area contributed by atoms with Crippen LogP contribution in [0.4, 0.5) is 0 Å². The first-order chi connectivity index (χ1) is 16.2. The van der Waals surface area contributed by atoms with Gasteiger partial charge in [0.2, 0.25) is 0 Å². The van der Waals surface area contributed by atoms with Gasteiger partial charge in [0.25, 0.3) is 0 Å². The highest BCUT2D eigenvalue weighted by atomic mass is 16.6. The third kappa shape index (κ3) is 7.77. The summed E-state index contributed by atoms with van der Waals surface area (Å²) in [7, 11) is 1.28. The lowest BCUT2D eigenvalue weighted by Gasteiger charge is -2.22. The molecule has 6 heteroatoms. The van der Waals surface area contributed by atoms with Crippen LogP contribution in [-0.4, -0.2) is 44.8 Å². The van der Waals surface area contributed by atoms with E-state index in [9.17, 15) is 9.59 Å². The standard InChI is InChI=1S/C27H28O6/c1-30-27(29)25(26(28)21-11-5-2-6-12-21)19-24(20-33-23-15-9-4-10-16-23)32-18-17-31-22-13-7-3-8-14-22/h2-16,24-25H,17-20H2,1H3. The Morgan fingerprint density at radius 3 is 1.85 bits per heavy atom. The van der Waals surface area contributed by atoms with Crippen molar-refractivity contribution >= 4 is 11.8 Å². The Bertz CT molecular complexity index is 975. The fourth-order valence-corrected chi connectivity index (χ4v) is 3.30. The molecular formula is C27H28O6. The van der Waals surface area contributed by atoms with Crippen molar-refractivity contribution in [1.29, 1.82) is 0 Å². The fourth-order valence-electron chi connectivity index (χ4n) is 3.30. The van der Waals surface area contributed by atoms with Crippen molar-refractivity contribution in [3.05, 3.63) is 96.6 Å². The molecule has 0 aliphatic carbocycles. The Hall–Kier alpha value is -3.64. The van der Waals surface area contributed by atoms with Crippen LogP contribution in [0.2, 0.25) is 0 Å². The Morgan fingerprint density at radius 1 is 0.727 bits per heavy atom. The zero-order valence-electron chi connectivity index (χ0n) is 18.6. The molecule has 0 spiro atoms. The predicted molar refractivity (Wildman–Crippen MR) is 125 cm³/mol. The van der Waals surface area contributed by atoms with Crippen LogP contribution in [-0.2, 0) is 14.3 Å². The molecule has 0 saturated heterocycles. The van der Waals surface area contributed by atoms with Gasteiger partial charge in [0.05, 0.1) is 19.8 Å². The van der Waals surface area contributed by atoms with E-state index in [2.05, 4.69) is 0 Å². The summed E-state index contributed by atoms with van der Waals surface area (Å²) in [6.45, 7) is 0.761. The van der Waals surface area contributed by atoms with E-state index in [4.69, 9.17) is 18.9 Å². The summed E-state index contributed by atoms with van der Waals surface area (Å²) in [5.74, 6) is -0.494. The van der Waals surface area contributed by atoms with Crippen molar-refractivity contribution in [1.82, 2.24) is 0 Å². The van der Waals surface area contributed by atoms with Gasteiger partial charge in [-0.3, -0.25) is 9.59 Å². The second kappa shape index (κ2) is 13.0. The van der Waals surface area contributed by atoms with Crippen LogP contribution < -0.4 is 9.47 Å². The third-order valence-corrected chi connectivity index (χ3v) is 4.99. The molecule has 0 amide bonds. The molecule has 2 atom stereocenters. The van der Waals surface area contributed by atoms with E-state index in [1.165, 1.54) is 7.11 Å². The average molecular weight is 449 g/mol. The van der Waals surface area contributed by atoms with Gasteiger partial charge in [0.1, 0.15) is 30.6 Å². The van der Waals surface area contributed by atoms with E-state index in [0.29, 0.717) is 17.9 Å². The van der Waals surface area contributed by atoms with Crippen LogP contribution in [0.25, 0.3) is 0 Å². The van der Waals surface area contributed by atoms with Crippen LogP contribution in [0.3, 0.4) is 0 Å². The van der Waals surface area contributed by atoms with E-state index < -0.39 is 18.0 Å². The van der Waals surface area contributed by atoms with Crippen LogP contribution >= 0.6 is 0 Å². The van der Waals surface area contributed by atoms with Gasteiger partial charge >= 0.3 is 5.97 Å². The summed E-state index contributed by atoms with van der Waals surface area (Å²) < 4.78 is 22.4. The molecule has 2 unspecified atom stereocenters. The fraction of sp³-hybridized carbons (Fsp3) is 0.259. The molecule has 0 heterocycles. The summed E-state index contributed by atoms with van der Waals surface area (Å²) in [4.78, 5) is 25.5. The third-order valence-electron chi connectivity index (χ3n) is 4.99.